The molecule has 0 aliphatic heterocycles. The number of β-amino-alcohol motifs (C(OH)–C–C–N with tert-alkyl or cyclic N) is 1. The molecule has 0 saturated heterocycles. The van der Waals surface area contributed by atoms with Crippen LogP contribution in [0.2, 0.25) is 0 Å². The lowest BCUT2D eigenvalue weighted by atomic mass is 9.95. The topological polar surface area (TPSA) is 107 Å². The van der Waals surface area contributed by atoms with Crippen LogP contribution in [0.4, 0.5) is 13.2 Å². The molecule has 1 atom stereocenters. The number of benzene rings is 3. The van der Waals surface area contributed by atoms with Crippen molar-refractivity contribution in [1.82, 2.24) is 9.62 Å². The van der Waals surface area contributed by atoms with E-state index in [1.807, 2.05) is 32.0 Å². The van der Waals surface area contributed by atoms with Gasteiger partial charge >= 0.3 is 12.1 Å². The lowest BCUT2D eigenvalue weighted by Crippen LogP contribution is -2.46. The first-order chi connectivity index (χ1) is 20.1. The number of nitrogens with zero attached hydrogens (tertiary/aromatic N) is 1. The Morgan fingerprint density at radius 1 is 0.953 bits per heavy atom. The molecule has 0 aromatic heterocycles. The molecule has 3 aromatic rings. The van der Waals surface area contributed by atoms with E-state index >= 15 is 0 Å². The molecule has 11 heteroatoms. The highest BCUT2D eigenvalue weighted by Gasteiger charge is 2.34. The van der Waals surface area contributed by atoms with Crippen LogP contribution >= 0.6 is 0 Å². The number of nitrogens with one attached hydrogen (secondary N) is 1. The van der Waals surface area contributed by atoms with Crippen molar-refractivity contribution >= 4 is 16.0 Å². The van der Waals surface area contributed by atoms with Gasteiger partial charge in [0.25, 0.3) is 0 Å². The summed E-state index contributed by atoms with van der Waals surface area (Å²) in [4.78, 5) is 10.4. The molecule has 7 nitrogen and oxygen atoms in total. The van der Waals surface area contributed by atoms with Gasteiger partial charge < -0.3 is 15.5 Å². The van der Waals surface area contributed by atoms with Gasteiger partial charge in [0.15, 0.2) is 0 Å². The summed E-state index contributed by atoms with van der Waals surface area (Å²) >= 11 is 0. The van der Waals surface area contributed by atoms with E-state index in [1.54, 1.807) is 24.3 Å². The van der Waals surface area contributed by atoms with Crippen LogP contribution in [0.3, 0.4) is 0 Å². The Bertz CT molecular complexity index is 1480. The molecule has 0 spiro atoms. The highest BCUT2D eigenvalue weighted by molar-refractivity contribution is 7.89. The number of hydrogen-bond acceptors (Lipinski definition) is 5. The number of rotatable bonds is 15. The third-order valence-corrected chi connectivity index (χ3v) is 9.12. The fourth-order valence-corrected chi connectivity index (χ4v) is 6.23. The quantitative estimate of drug-likeness (QED) is 0.200. The molecule has 0 unspecified atom stereocenters. The summed E-state index contributed by atoms with van der Waals surface area (Å²) in [7, 11) is -3.26. The minimum atomic E-state index is -4.78. The van der Waals surface area contributed by atoms with Crippen LogP contribution in [0.15, 0.2) is 77.7 Å². The number of carbonyl (C=O) groups is 1. The first-order valence-corrected chi connectivity index (χ1v) is 15.5. The number of sulfonamides is 1. The first kappa shape index (κ1) is 34.2. The summed E-state index contributed by atoms with van der Waals surface area (Å²) in [6.07, 6.45) is -3.26. The van der Waals surface area contributed by atoms with Crippen molar-refractivity contribution in [3.63, 3.8) is 0 Å². The van der Waals surface area contributed by atoms with E-state index in [0.717, 1.165) is 35.7 Å². The summed E-state index contributed by atoms with van der Waals surface area (Å²) in [5.74, 6) is -1.01. The van der Waals surface area contributed by atoms with E-state index in [0.29, 0.717) is 17.2 Å². The van der Waals surface area contributed by atoms with Gasteiger partial charge in [-0.25, -0.2) is 8.42 Å². The lowest BCUT2D eigenvalue weighted by molar-refractivity contribution is -0.138. The van der Waals surface area contributed by atoms with Crippen LogP contribution in [0.5, 0.6) is 0 Å². The summed E-state index contributed by atoms with van der Waals surface area (Å²) in [5.41, 5.74) is 0.750. The van der Waals surface area contributed by atoms with Crippen molar-refractivity contribution in [3.05, 3.63) is 89.5 Å². The molecule has 0 aliphatic rings. The standard InChI is InChI=1S/C32H39F3N2O5S/c1-31(2,18-8-12-23-9-5-4-6-10-23)36-21-27(38)22-37(3)43(41,42)29-20-26(32(33,34)35)15-16-28(29)25-13-7-11-24(19-25)14-17-30(39)40/h4-7,9-11,13,15-16,19-20,27,36,38H,8,12,14,17-18,21-22H2,1-3H3,(H,39,40)/t27-/m1/s1. The number of carboxylic acids is 1. The molecule has 0 amide bonds. The highest BCUT2D eigenvalue weighted by atomic mass is 32.2. The van der Waals surface area contributed by atoms with Crippen LogP contribution in [-0.4, -0.2) is 60.7 Å². The number of likely N-dealkylation sites (N-methyl/N-ethyl adjacent to an activating group) is 1. The monoisotopic (exact) mass is 620 g/mol. The van der Waals surface area contributed by atoms with E-state index in [2.05, 4.69) is 17.4 Å². The van der Waals surface area contributed by atoms with Crippen molar-refractivity contribution in [1.29, 1.82) is 0 Å². The summed E-state index contributed by atoms with van der Waals surface area (Å²) in [6, 6.07) is 19.0. The molecular formula is C32H39F3N2O5S. The zero-order valence-corrected chi connectivity index (χ0v) is 25.4. The van der Waals surface area contributed by atoms with Crippen molar-refractivity contribution < 1.29 is 36.6 Å². The van der Waals surface area contributed by atoms with Gasteiger partial charge in [0.1, 0.15) is 0 Å². The van der Waals surface area contributed by atoms with E-state index < -0.39 is 38.7 Å². The molecule has 3 aromatic carbocycles. The van der Waals surface area contributed by atoms with Crippen LogP contribution < -0.4 is 5.32 Å². The van der Waals surface area contributed by atoms with Gasteiger partial charge in [-0.3, -0.25) is 4.79 Å². The van der Waals surface area contributed by atoms with Crippen molar-refractivity contribution in [3.8, 4) is 11.1 Å². The number of aliphatic carboxylic acids is 1. The first-order valence-electron chi connectivity index (χ1n) is 14.0. The smallest absolute Gasteiger partial charge is 0.416 e. The second kappa shape index (κ2) is 14.5. The number of halogens is 3. The van der Waals surface area contributed by atoms with Crippen LogP contribution in [0.1, 0.15) is 49.8 Å². The maximum Gasteiger partial charge on any atom is 0.416 e. The normalized spacial score (nSPS) is 13.3. The van der Waals surface area contributed by atoms with Crippen molar-refractivity contribution in [2.75, 3.05) is 20.1 Å². The average molecular weight is 621 g/mol. The Kier molecular flexibility index (Phi) is 11.5. The second-order valence-corrected chi connectivity index (χ2v) is 13.4. The number of carboxylic acid groups (broad SMARTS) is 1. The SMILES string of the molecule is CN(C[C@H](O)CNC(C)(C)CCCc1ccccc1)S(=O)(=O)c1cc(C(F)(F)F)ccc1-c1cccc(CCC(=O)O)c1. The molecule has 0 radical (unpaired) electrons. The van der Waals surface area contributed by atoms with E-state index in [-0.39, 0.29) is 37.0 Å². The molecule has 0 aliphatic carbocycles. The molecule has 234 valence electrons. The van der Waals surface area contributed by atoms with Crippen LogP contribution in [0.25, 0.3) is 11.1 Å². The number of alkyl halides is 3. The zero-order chi connectivity index (χ0) is 31.8. The number of aliphatic hydroxyl groups is 1. The van der Waals surface area contributed by atoms with E-state index in [1.165, 1.54) is 12.6 Å². The van der Waals surface area contributed by atoms with Gasteiger partial charge in [-0.1, -0.05) is 60.7 Å². The van der Waals surface area contributed by atoms with E-state index in [4.69, 9.17) is 5.11 Å². The van der Waals surface area contributed by atoms with Crippen molar-refractivity contribution in [2.24, 2.45) is 0 Å². The Balaban J connectivity index is 1.76. The van der Waals surface area contributed by atoms with Crippen LogP contribution in [0, 0.1) is 0 Å². The zero-order valence-electron chi connectivity index (χ0n) is 24.6. The van der Waals surface area contributed by atoms with Gasteiger partial charge in [-0.15, -0.1) is 0 Å². The Morgan fingerprint density at radius 3 is 2.28 bits per heavy atom. The molecule has 0 saturated carbocycles. The molecule has 0 bridgehead atoms. The Labute approximate surface area is 251 Å². The van der Waals surface area contributed by atoms with Gasteiger partial charge in [0, 0.05) is 37.7 Å². The Hall–Kier alpha value is -3.25. The fraction of sp³-hybridized carbons (Fsp3) is 0.406. The molecule has 43 heavy (non-hydrogen) atoms. The maximum atomic E-state index is 13.7. The third-order valence-electron chi connectivity index (χ3n) is 7.26. The minimum absolute atomic E-state index is 0.0455. The largest absolute Gasteiger partial charge is 0.481 e. The summed E-state index contributed by atoms with van der Waals surface area (Å²) in [5, 5.41) is 23.0. The molecule has 0 heterocycles. The molecule has 0 fully saturated rings. The molecule has 3 rings (SSSR count). The average Bonchev–Trinajstić information content (AvgIpc) is 2.95. The third kappa shape index (κ3) is 10.2. The maximum absolute atomic E-state index is 13.7. The summed E-state index contributed by atoms with van der Waals surface area (Å²) < 4.78 is 69.1. The van der Waals surface area contributed by atoms with Gasteiger partial charge in [0.2, 0.25) is 10.0 Å². The highest BCUT2D eigenvalue weighted by Crippen LogP contribution is 2.36. The van der Waals surface area contributed by atoms with Gasteiger partial charge in [0.05, 0.1) is 16.6 Å². The van der Waals surface area contributed by atoms with E-state index in [9.17, 15) is 31.5 Å². The number of aliphatic hydroxyl groups excluding tert-OH is 1. The predicted molar refractivity (Wildman–Crippen MR) is 160 cm³/mol. The molecule has 3 N–H and O–H groups in total. The summed E-state index contributed by atoms with van der Waals surface area (Å²) in [6.45, 7) is 3.72. The molecular weight excluding hydrogens is 581 g/mol. The minimum Gasteiger partial charge on any atom is -0.481 e. The number of hydrogen-bond donors (Lipinski definition) is 3. The van der Waals surface area contributed by atoms with Gasteiger partial charge in [-0.2, -0.15) is 17.5 Å². The Morgan fingerprint density at radius 2 is 1.63 bits per heavy atom. The number of aryl methyl sites for hydroxylation is 2. The van der Waals surface area contributed by atoms with Crippen molar-refractivity contribution in [2.45, 2.75) is 68.7 Å². The second-order valence-electron chi connectivity index (χ2n) is 11.3. The van der Waals surface area contributed by atoms with Gasteiger partial charge in [-0.05, 0) is 68.4 Å². The lowest BCUT2D eigenvalue weighted by Gasteiger charge is -2.29. The fourth-order valence-electron chi connectivity index (χ4n) is 4.79. The predicted octanol–water partition coefficient (Wildman–Crippen LogP) is 5.76. The van der Waals surface area contributed by atoms with Crippen LogP contribution in [-0.2, 0) is 33.8 Å².